The summed E-state index contributed by atoms with van der Waals surface area (Å²) in [5, 5.41) is 5.21. The zero-order valence-electron chi connectivity index (χ0n) is 10.7. The van der Waals surface area contributed by atoms with Crippen LogP contribution < -0.4 is 5.73 Å². The maximum atomic E-state index is 6.18. The van der Waals surface area contributed by atoms with E-state index in [1.165, 1.54) is 0 Å². The first kappa shape index (κ1) is 13.1. The molecule has 2 aromatic rings. The summed E-state index contributed by atoms with van der Waals surface area (Å²) in [6.45, 7) is 4.20. The lowest BCUT2D eigenvalue weighted by atomic mass is 10.0. The highest BCUT2D eigenvalue weighted by Gasteiger charge is 2.12. The van der Waals surface area contributed by atoms with Gasteiger partial charge < -0.3 is 5.73 Å². The van der Waals surface area contributed by atoms with E-state index in [9.17, 15) is 0 Å². The largest absolute Gasteiger partial charge is 0.324 e. The minimum absolute atomic E-state index is 0.116. The number of hydrogen-bond acceptors (Lipinski definition) is 2. The van der Waals surface area contributed by atoms with Crippen LogP contribution in [0.5, 0.6) is 0 Å². The van der Waals surface area contributed by atoms with E-state index in [4.69, 9.17) is 17.3 Å². The third-order valence-corrected chi connectivity index (χ3v) is 3.27. The molecule has 0 bridgehead atoms. The summed E-state index contributed by atoms with van der Waals surface area (Å²) in [4.78, 5) is 0. The number of nitrogens with two attached hydrogens (primary N) is 1. The summed E-state index contributed by atoms with van der Waals surface area (Å²) in [7, 11) is 0. The molecule has 0 aliphatic carbocycles. The zero-order chi connectivity index (χ0) is 13.1. The third-order valence-electron chi connectivity index (χ3n) is 2.93. The van der Waals surface area contributed by atoms with Crippen LogP contribution in [-0.4, -0.2) is 9.78 Å². The third kappa shape index (κ3) is 2.92. The lowest BCUT2D eigenvalue weighted by Crippen LogP contribution is -2.14. The van der Waals surface area contributed by atoms with Crippen LogP contribution in [0.3, 0.4) is 0 Å². The molecule has 1 aromatic heterocycles. The fourth-order valence-corrected chi connectivity index (χ4v) is 2.16. The fraction of sp³-hybridized carbons (Fsp3) is 0.357. The zero-order valence-corrected chi connectivity index (χ0v) is 11.4. The maximum absolute atomic E-state index is 6.18. The first-order valence-corrected chi connectivity index (χ1v) is 6.49. The number of hydrogen-bond donors (Lipinski definition) is 1. The van der Waals surface area contributed by atoms with Gasteiger partial charge in [-0.3, -0.25) is 4.68 Å². The Bertz CT molecular complexity index is 519. The van der Waals surface area contributed by atoms with E-state index in [0.717, 1.165) is 11.3 Å². The smallest absolute Gasteiger partial charge is 0.0643 e. The number of halogens is 1. The minimum atomic E-state index is -0.116. The molecule has 0 saturated heterocycles. The summed E-state index contributed by atoms with van der Waals surface area (Å²) in [6, 6.07) is 9.96. The predicted octanol–water partition coefficient (Wildman–Crippen LogP) is 3.36. The molecule has 0 amide bonds. The van der Waals surface area contributed by atoms with Crippen molar-refractivity contribution in [1.29, 1.82) is 0 Å². The summed E-state index contributed by atoms with van der Waals surface area (Å²) in [6.07, 6.45) is 2.68. The normalized spacial score (nSPS) is 12.9. The van der Waals surface area contributed by atoms with E-state index in [-0.39, 0.29) is 6.04 Å². The molecule has 1 atom stereocenters. The van der Waals surface area contributed by atoms with Crippen LogP contribution in [0, 0.1) is 0 Å². The van der Waals surface area contributed by atoms with Gasteiger partial charge in [0.05, 0.1) is 5.69 Å². The van der Waals surface area contributed by atoms with Gasteiger partial charge in [0.25, 0.3) is 0 Å². The molecular formula is C14H18ClN3. The van der Waals surface area contributed by atoms with Gasteiger partial charge in [-0.2, -0.15) is 5.10 Å². The molecule has 0 saturated carbocycles. The lowest BCUT2D eigenvalue weighted by molar-refractivity contribution is 0.522. The van der Waals surface area contributed by atoms with E-state index in [2.05, 4.69) is 18.9 Å². The highest BCUT2D eigenvalue weighted by molar-refractivity contribution is 6.31. The number of aromatic nitrogens is 2. The van der Waals surface area contributed by atoms with Gasteiger partial charge in [0, 0.05) is 29.7 Å². The van der Waals surface area contributed by atoms with Crippen molar-refractivity contribution in [2.75, 3.05) is 0 Å². The van der Waals surface area contributed by atoms with Gasteiger partial charge in [-0.15, -0.1) is 0 Å². The van der Waals surface area contributed by atoms with Crippen LogP contribution in [0.15, 0.2) is 36.5 Å². The maximum Gasteiger partial charge on any atom is 0.0643 e. The Morgan fingerprint density at radius 2 is 2.00 bits per heavy atom. The fourth-order valence-electron chi connectivity index (χ4n) is 1.88. The average molecular weight is 264 g/mol. The van der Waals surface area contributed by atoms with Gasteiger partial charge in [0.15, 0.2) is 0 Å². The van der Waals surface area contributed by atoms with Gasteiger partial charge in [0.2, 0.25) is 0 Å². The molecule has 1 heterocycles. The SMILES string of the molecule is CC(C)n1ccc(CC(N)c2ccccc2Cl)n1. The van der Waals surface area contributed by atoms with Crippen molar-refractivity contribution in [2.24, 2.45) is 5.73 Å². The molecule has 96 valence electrons. The molecule has 2 rings (SSSR count). The van der Waals surface area contributed by atoms with Gasteiger partial charge in [0.1, 0.15) is 0 Å². The van der Waals surface area contributed by atoms with Crippen LogP contribution in [-0.2, 0) is 6.42 Å². The molecule has 4 heteroatoms. The summed E-state index contributed by atoms with van der Waals surface area (Å²) >= 11 is 6.14. The molecule has 18 heavy (non-hydrogen) atoms. The van der Waals surface area contributed by atoms with Crippen molar-refractivity contribution < 1.29 is 0 Å². The van der Waals surface area contributed by atoms with Gasteiger partial charge >= 0.3 is 0 Å². The average Bonchev–Trinajstić information content (AvgIpc) is 2.78. The Kier molecular flexibility index (Phi) is 4.04. The number of benzene rings is 1. The van der Waals surface area contributed by atoms with Crippen LogP contribution in [0.25, 0.3) is 0 Å². The van der Waals surface area contributed by atoms with E-state index in [1.807, 2.05) is 41.2 Å². The Labute approximate surface area is 113 Å². The highest BCUT2D eigenvalue weighted by atomic mass is 35.5. The molecule has 0 spiro atoms. The van der Waals surface area contributed by atoms with Gasteiger partial charge in [-0.05, 0) is 31.5 Å². The summed E-state index contributed by atoms with van der Waals surface area (Å²) in [5.74, 6) is 0. The minimum Gasteiger partial charge on any atom is -0.324 e. The lowest BCUT2D eigenvalue weighted by Gasteiger charge is -2.12. The van der Waals surface area contributed by atoms with Crippen molar-refractivity contribution in [3.63, 3.8) is 0 Å². The molecule has 2 N–H and O–H groups in total. The van der Waals surface area contributed by atoms with E-state index in [0.29, 0.717) is 17.5 Å². The van der Waals surface area contributed by atoms with E-state index in [1.54, 1.807) is 0 Å². The van der Waals surface area contributed by atoms with Gasteiger partial charge in [-0.1, -0.05) is 29.8 Å². The molecular weight excluding hydrogens is 246 g/mol. The van der Waals surface area contributed by atoms with Crippen molar-refractivity contribution in [2.45, 2.75) is 32.4 Å². The van der Waals surface area contributed by atoms with Crippen molar-refractivity contribution in [3.05, 3.63) is 52.8 Å². The monoisotopic (exact) mass is 263 g/mol. The van der Waals surface area contributed by atoms with Crippen LogP contribution in [0.4, 0.5) is 0 Å². The first-order valence-electron chi connectivity index (χ1n) is 6.12. The van der Waals surface area contributed by atoms with Crippen molar-refractivity contribution in [3.8, 4) is 0 Å². The second-order valence-corrected chi connectivity index (χ2v) is 5.12. The molecule has 0 aliphatic heterocycles. The Morgan fingerprint density at radius 1 is 1.28 bits per heavy atom. The van der Waals surface area contributed by atoms with Crippen molar-refractivity contribution >= 4 is 11.6 Å². The summed E-state index contributed by atoms with van der Waals surface area (Å²) < 4.78 is 1.94. The highest BCUT2D eigenvalue weighted by Crippen LogP contribution is 2.23. The summed E-state index contributed by atoms with van der Waals surface area (Å²) in [5.41, 5.74) is 8.15. The first-order chi connectivity index (χ1) is 8.58. The quantitative estimate of drug-likeness (QED) is 0.919. The Hall–Kier alpha value is -1.32. The van der Waals surface area contributed by atoms with Gasteiger partial charge in [-0.25, -0.2) is 0 Å². The molecule has 3 nitrogen and oxygen atoms in total. The van der Waals surface area contributed by atoms with Crippen molar-refractivity contribution in [1.82, 2.24) is 9.78 Å². The standard InChI is InChI=1S/C14H18ClN3/c1-10(2)18-8-7-11(17-18)9-14(16)12-5-3-4-6-13(12)15/h3-8,10,14H,9,16H2,1-2H3. The predicted molar refractivity (Wildman–Crippen MR) is 74.7 cm³/mol. The molecule has 1 unspecified atom stereocenters. The molecule has 0 aliphatic rings. The van der Waals surface area contributed by atoms with Crippen LogP contribution in [0.2, 0.25) is 5.02 Å². The number of nitrogens with zero attached hydrogens (tertiary/aromatic N) is 2. The topological polar surface area (TPSA) is 43.8 Å². The Balaban J connectivity index is 2.11. The number of rotatable bonds is 4. The van der Waals surface area contributed by atoms with Crippen LogP contribution >= 0.6 is 11.6 Å². The molecule has 0 radical (unpaired) electrons. The second-order valence-electron chi connectivity index (χ2n) is 4.71. The molecule has 1 aromatic carbocycles. The van der Waals surface area contributed by atoms with Crippen LogP contribution in [0.1, 0.15) is 37.2 Å². The molecule has 0 fully saturated rings. The second kappa shape index (κ2) is 5.55. The Morgan fingerprint density at radius 3 is 2.61 bits per heavy atom. The van der Waals surface area contributed by atoms with E-state index >= 15 is 0 Å². The van der Waals surface area contributed by atoms with E-state index < -0.39 is 0 Å².